The van der Waals surface area contributed by atoms with Crippen molar-refractivity contribution in [1.29, 1.82) is 0 Å². The highest BCUT2D eigenvalue weighted by Gasteiger charge is 2.47. The highest BCUT2D eigenvalue weighted by Crippen LogP contribution is 2.34. The molecule has 3 rings (SSSR count). The highest BCUT2D eigenvalue weighted by atomic mass is 19.4. The minimum Gasteiger partial charge on any atom is -0.377 e. The molecular formula is C17H23F3N4O3. The Balaban J connectivity index is 2.06. The van der Waals surface area contributed by atoms with Gasteiger partial charge in [-0.25, -0.2) is 0 Å². The lowest BCUT2D eigenvalue weighted by Gasteiger charge is -2.40. The number of morpholine rings is 1. The van der Waals surface area contributed by atoms with Crippen molar-refractivity contribution in [2.24, 2.45) is 0 Å². The van der Waals surface area contributed by atoms with Crippen LogP contribution in [0.2, 0.25) is 0 Å². The number of hydrogen-bond donors (Lipinski definition) is 0. The van der Waals surface area contributed by atoms with Gasteiger partial charge in [-0.2, -0.15) is 18.2 Å². The van der Waals surface area contributed by atoms with Crippen LogP contribution in [0.1, 0.15) is 26.7 Å². The minimum absolute atomic E-state index is 0.0542. The number of carbonyl (C=O) groups is 1. The summed E-state index contributed by atoms with van der Waals surface area (Å²) in [7, 11) is 0. The van der Waals surface area contributed by atoms with Gasteiger partial charge in [-0.15, -0.1) is 0 Å². The van der Waals surface area contributed by atoms with Gasteiger partial charge in [-0.3, -0.25) is 14.2 Å². The number of alkyl halides is 3. The van der Waals surface area contributed by atoms with E-state index < -0.39 is 24.3 Å². The van der Waals surface area contributed by atoms with Crippen molar-refractivity contribution in [1.82, 2.24) is 9.55 Å². The van der Waals surface area contributed by atoms with Gasteiger partial charge in [0.15, 0.2) is 5.78 Å². The molecule has 0 aromatic carbocycles. The summed E-state index contributed by atoms with van der Waals surface area (Å²) in [5.74, 6) is -0.109. The zero-order chi connectivity index (χ0) is 19.8. The minimum atomic E-state index is -4.51. The van der Waals surface area contributed by atoms with Crippen LogP contribution in [0.5, 0.6) is 0 Å². The fourth-order valence-corrected chi connectivity index (χ4v) is 3.50. The smallest absolute Gasteiger partial charge is 0.377 e. The van der Waals surface area contributed by atoms with Crippen molar-refractivity contribution in [2.45, 2.75) is 51.5 Å². The SMILES string of the molecule is CCC(=O)CN1c2nc(N3CCOC[C@H]3C)cc(=O)n2CCC1C(F)(F)F. The van der Waals surface area contributed by atoms with Crippen LogP contribution in [-0.4, -0.2) is 59.9 Å². The molecule has 0 amide bonds. The van der Waals surface area contributed by atoms with Gasteiger partial charge in [-0.05, 0) is 13.3 Å². The van der Waals surface area contributed by atoms with Gasteiger partial charge in [0.05, 0.1) is 25.8 Å². The Morgan fingerprint density at radius 1 is 1.37 bits per heavy atom. The van der Waals surface area contributed by atoms with Gasteiger partial charge in [0, 0.05) is 25.6 Å². The molecule has 0 bridgehead atoms. The number of nitrogens with zero attached hydrogens (tertiary/aromatic N) is 4. The fourth-order valence-electron chi connectivity index (χ4n) is 3.50. The first-order chi connectivity index (χ1) is 12.7. The lowest BCUT2D eigenvalue weighted by atomic mass is 10.1. The van der Waals surface area contributed by atoms with E-state index >= 15 is 0 Å². The number of ether oxygens (including phenoxy) is 1. The second kappa shape index (κ2) is 7.49. The Kier molecular flexibility index (Phi) is 5.45. The topological polar surface area (TPSA) is 67.7 Å². The number of anilines is 2. The molecule has 0 spiro atoms. The molecule has 3 heterocycles. The summed E-state index contributed by atoms with van der Waals surface area (Å²) >= 11 is 0. The average Bonchev–Trinajstić information content (AvgIpc) is 2.61. The predicted molar refractivity (Wildman–Crippen MR) is 93.2 cm³/mol. The maximum absolute atomic E-state index is 13.6. The zero-order valence-corrected chi connectivity index (χ0v) is 15.3. The molecule has 1 unspecified atom stereocenters. The van der Waals surface area contributed by atoms with Gasteiger partial charge < -0.3 is 14.5 Å². The van der Waals surface area contributed by atoms with Gasteiger partial charge in [0.25, 0.3) is 5.56 Å². The molecule has 1 saturated heterocycles. The van der Waals surface area contributed by atoms with Crippen molar-refractivity contribution < 1.29 is 22.7 Å². The predicted octanol–water partition coefficient (Wildman–Crippen LogP) is 1.59. The van der Waals surface area contributed by atoms with Crippen molar-refractivity contribution in [3.63, 3.8) is 0 Å². The van der Waals surface area contributed by atoms with Crippen molar-refractivity contribution in [3.05, 3.63) is 16.4 Å². The first kappa shape index (κ1) is 19.7. The van der Waals surface area contributed by atoms with Crippen LogP contribution in [0, 0.1) is 0 Å². The Hall–Kier alpha value is -2.10. The van der Waals surface area contributed by atoms with E-state index in [0.29, 0.717) is 25.6 Å². The summed E-state index contributed by atoms with van der Waals surface area (Å²) in [6, 6.07) is -0.544. The van der Waals surface area contributed by atoms with Crippen LogP contribution in [0.25, 0.3) is 0 Å². The van der Waals surface area contributed by atoms with Crippen LogP contribution < -0.4 is 15.4 Å². The lowest BCUT2D eigenvalue weighted by molar-refractivity contribution is -0.153. The molecule has 27 heavy (non-hydrogen) atoms. The molecule has 2 atom stereocenters. The maximum atomic E-state index is 13.6. The highest BCUT2D eigenvalue weighted by molar-refractivity contribution is 5.83. The summed E-state index contributed by atoms with van der Waals surface area (Å²) in [5, 5.41) is 0. The third-order valence-corrected chi connectivity index (χ3v) is 5.01. The van der Waals surface area contributed by atoms with Crippen molar-refractivity contribution >= 4 is 17.5 Å². The molecule has 2 aliphatic heterocycles. The molecule has 2 aliphatic rings. The van der Waals surface area contributed by atoms with Gasteiger partial charge in [-0.1, -0.05) is 6.92 Å². The van der Waals surface area contributed by atoms with E-state index in [2.05, 4.69) is 4.98 Å². The van der Waals surface area contributed by atoms with Crippen LogP contribution >= 0.6 is 0 Å². The third-order valence-electron chi connectivity index (χ3n) is 5.01. The molecule has 7 nitrogen and oxygen atoms in total. The molecule has 1 aromatic heterocycles. The Labute approximate surface area is 154 Å². The van der Waals surface area contributed by atoms with E-state index in [1.54, 1.807) is 6.92 Å². The van der Waals surface area contributed by atoms with Crippen molar-refractivity contribution in [3.8, 4) is 0 Å². The number of Topliss-reactive ketones (excluding diaryl/α,β-unsaturated/α-hetero) is 1. The number of halogens is 3. The number of ketones is 1. The monoisotopic (exact) mass is 388 g/mol. The first-order valence-corrected chi connectivity index (χ1v) is 9.03. The molecule has 1 aromatic rings. The van der Waals surface area contributed by atoms with Crippen molar-refractivity contribution in [2.75, 3.05) is 36.1 Å². The van der Waals surface area contributed by atoms with Crippen LogP contribution in [0.4, 0.5) is 24.9 Å². The first-order valence-electron chi connectivity index (χ1n) is 9.03. The Bertz CT molecular complexity index is 765. The fraction of sp³-hybridized carbons (Fsp3) is 0.706. The summed E-state index contributed by atoms with van der Waals surface area (Å²) in [6.45, 7) is 4.39. The summed E-state index contributed by atoms with van der Waals surface area (Å²) in [5.41, 5.74) is -0.414. The summed E-state index contributed by atoms with van der Waals surface area (Å²) < 4.78 is 47.3. The van der Waals surface area contributed by atoms with E-state index in [9.17, 15) is 22.8 Å². The normalized spacial score (nSPS) is 23.3. The largest absolute Gasteiger partial charge is 0.408 e. The second-order valence-corrected chi connectivity index (χ2v) is 6.89. The number of rotatable bonds is 4. The molecule has 10 heteroatoms. The van der Waals surface area contributed by atoms with Crippen LogP contribution in [0.3, 0.4) is 0 Å². The quantitative estimate of drug-likeness (QED) is 0.781. The molecule has 0 saturated carbocycles. The van der Waals surface area contributed by atoms with Gasteiger partial charge in [0.1, 0.15) is 11.9 Å². The van der Waals surface area contributed by atoms with E-state index in [4.69, 9.17) is 4.74 Å². The molecule has 0 aliphatic carbocycles. The lowest BCUT2D eigenvalue weighted by Crippen LogP contribution is -2.54. The summed E-state index contributed by atoms with van der Waals surface area (Å²) in [4.78, 5) is 31.7. The molecule has 0 N–H and O–H groups in total. The van der Waals surface area contributed by atoms with Crippen LogP contribution in [0.15, 0.2) is 10.9 Å². The average molecular weight is 388 g/mol. The van der Waals surface area contributed by atoms with E-state index in [1.165, 1.54) is 10.6 Å². The molecule has 0 radical (unpaired) electrons. The number of hydrogen-bond acceptors (Lipinski definition) is 6. The summed E-state index contributed by atoms with van der Waals surface area (Å²) in [6.07, 6.45) is -4.69. The maximum Gasteiger partial charge on any atom is 0.408 e. The Morgan fingerprint density at radius 3 is 2.74 bits per heavy atom. The van der Waals surface area contributed by atoms with E-state index in [0.717, 1.165) is 4.90 Å². The van der Waals surface area contributed by atoms with E-state index in [-0.39, 0.29) is 37.2 Å². The molecular weight excluding hydrogens is 365 g/mol. The van der Waals surface area contributed by atoms with Gasteiger partial charge >= 0.3 is 6.18 Å². The standard InChI is InChI=1S/C17H23F3N4O3/c1-3-12(25)9-24-13(17(18,19)20)4-5-23-15(26)8-14(21-16(23)24)22-6-7-27-10-11(22)2/h8,11,13H,3-7,9-10H2,1-2H3/t11-,13?/m1/s1. The molecule has 1 fully saturated rings. The number of fused-ring (bicyclic) bond motifs is 1. The number of aromatic nitrogens is 2. The molecule has 150 valence electrons. The van der Waals surface area contributed by atoms with E-state index in [1.807, 2.05) is 11.8 Å². The second-order valence-electron chi connectivity index (χ2n) is 6.89. The van der Waals surface area contributed by atoms with Crippen LogP contribution in [-0.2, 0) is 16.1 Å². The number of carbonyl (C=O) groups excluding carboxylic acids is 1. The Morgan fingerprint density at radius 2 is 2.11 bits per heavy atom. The third kappa shape index (κ3) is 3.95. The van der Waals surface area contributed by atoms with Gasteiger partial charge in [0.2, 0.25) is 5.95 Å². The zero-order valence-electron chi connectivity index (χ0n) is 15.3.